The van der Waals surface area contributed by atoms with E-state index in [2.05, 4.69) is 10.4 Å². The number of aryl methyl sites for hydroxylation is 1. The summed E-state index contributed by atoms with van der Waals surface area (Å²) < 4.78 is 28.4. The fourth-order valence-corrected chi connectivity index (χ4v) is 2.50. The molecule has 130 valence electrons. The van der Waals surface area contributed by atoms with E-state index in [1.165, 1.54) is 6.92 Å². The van der Waals surface area contributed by atoms with Gasteiger partial charge in [-0.2, -0.15) is 5.10 Å². The molecule has 0 saturated heterocycles. The van der Waals surface area contributed by atoms with Gasteiger partial charge >= 0.3 is 0 Å². The number of benzene rings is 1. The molecular weight excluding hydrogens is 316 g/mol. The molecule has 2 aromatic rings. The van der Waals surface area contributed by atoms with Gasteiger partial charge in [-0.3, -0.25) is 9.48 Å². The highest BCUT2D eigenvalue weighted by atomic mass is 19.1. The second-order valence-corrected chi connectivity index (χ2v) is 6.31. The van der Waals surface area contributed by atoms with Crippen molar-refractivity contribution in [2.45, 2.75) is 32.3 Å². The third-order valence-electron chi connectivity index (χ3n) is 3.84. The minimum atomic E-state index is -1.68. The zero-order valence-corrected chi connectivity index (χ0v) is 14.1. The first-order valence-corrected chi connectivity index (χ1v) is 7.62. The maximum Gasteiger partial charge on any atom is 0.271 e. The molecule has 2 N–H and O–H groups in total. The Morgan fingerprint density at radius 1 is 1.38 bits per heavy atom. The summed E-state index contributed by atoms with van der Waals surface area (Å²) in [5.41, 5.74) is -0.649. The molecule has 1 heterocycles. The Morgan fingerprint density at radius 2 is 2.04 bits per heavy atom. The summed E-state index contributed by atoms with van der Waals surface area (Å²) in [6.07, 6.45) is 0. The molecule has 0 saturated carbocycles. The number of hydrogen-bond acceptors (Lipinski definition) is 3. The van der Waals surface area contributed by atoms with Crippen molar-refractivity contribution in [3.8, 4) is 0 Å². The van der Waals surface area contributed by atoms with Crippen LogP contribution in [0.25, 0.3) is 0 Å². The SMILES string of the molecule is CC(C)c1cc(C(=O)NCC(C)(O)c2ccc(F)cc2F)nn1C. The number of halogens is 2. The maximum absolute atomic E-state index is 13.8. The number of amides is 1. The van der Waals surface area contributed by atoms with Crippen LogP contribution in [0.5, 0.6) is 0 Å². The Hall–Kier alpha value is -2.28. The fourth-order valence-electron chi connectivity index (χ4n) is 2.50. The van der Waals surface area contributed by atoms with Gasteiger partial charge in [-0.1, -0.05) is 19.9 Å². The molecule has 0 spiro atoms. The van der Waals surface area contributed by atoms with Gasteiger partial charge < -0.3 is 10.4 Å². The van der Waals surface area contributed by atoms with Gasteiger partial charge in [0.15, 0.2) is 0 Å². The smallest absolute Gasteiger partial charge is 0.271 e. The molecule has 0 aliphatic carbocycles. The Labute approximate surface area is 139 Å². The lowest BCUT2D eigenvalue weighted by atomic mass is 9.95. The molecule has 0 fully saturated rings. The molecule has 0 radical (unpaired) electrons. The van der Waals surface area contributed by atoms with Crippen molar-refractivity contribution >= 4 is 5.91 Å². The van der Waals surface area contributed by atoms with Gasteiger partial charge in [0.25, 0.3) is 5.91 Å². The van der Waals surface area contributed by atoms with E-state index in [0.717, 1.165) is 17.8 Å². The van der Waals surface area contributed by atoms with Crippen LogP contribution >= 0.6 is 0 Å². The van der Waals surface area contributed by atoms with Crippen molar-refractivity contribution in [1.82, 2.24) is 15.1 Å². The number of aliphatic hydroxyl groups is 1. The Balaban J connectivity index is 2.11. The molecule has 0 aliphatic rings. The van der Waals surface area contributed by atoms with Crippen LogP contribution in [-0.4, -0.2) is 27.3 Å². The molecule has 1 aromatic heterocycles. The van der Waals surface area contributed by atoms with Crippen molar-refractivity contribution in [1.29, 1.82) is 0 Å². The summed E-state index contributed by atoms with van der Waals surface area (Å²) in [5, 5.41) is 17.1. The van der Waals surface area contributed by atoms with Gasteiger partial charge in [0.05, 0.1) is 6.54 Å². The van der Waals surface area contributed by atoms with Crippen LogP contribution in [-0.2, 0) is 12.6 Å². The summed E-state index contributed by atoms with van der Waals surface area (Å²) >= 11 is 0. The van der Waals surface area contributed by atoms with Crippen LogP contribution in [0.4, 0.5) is 8.78 Å². The third kappa shape index (κ3) is 3.79. The summed E-state index contributed by atoms with van der Waals surface area (Å²) in [6.45, 7) is 5.09. The number of hydrogen-bond donors (Lipinski definition) is 2. The Bertz CT molecular complexity index is 754. The van der Waals surface area contributed by atoms with E-state index in [1.807, 2.05) is 13.8 Å². The second kappa shape index (κ2) is 6.68. The molecule has 1 aromatic carbocycles. The van der Waals surface area contributed by atoms with Crippen molar-refractivity contribution in [3.63, 3.8) is 0 Å². The number of nitrogens with zero attached hydrogens (tertiary/aromatic N) is 2. The van der Waals surface area contributed by atoms with Crippen LogP contribution in [0.15, 0.2) is 24.3 Å². The lowest BCUT2D eigenvalue weighted by Crippen LogP contribution is -2.39. The first-order valence-electron chi connectivity index (χ1n) is 7.62. The number of rotatable bonds is 5. The first-order chi connectivity index (χ1) is 11.1. The van der Waals surface area contributed by atoms with Crippen molar-refractivity contribution in [2.24, 2.45) is 7.05 Å². The molecule has 2 rings (SSSR count). The van der Waals surface area contributed by atoms with Crippen LogP contribution in [0.2, 0.25) is 0 Å². The highest BCUT2D eigenvalue weighted by molar-refractivity contribution is 5.92. The predicted molar refractivity (Wildman–Crippen MR) is 85.6 cm³/mol. The average Bonchev–Trinajstić information content (AvgIpc) is 2.86. The summed E-state index contributed by atoms with van der Waals surface area (Å²) in [7, 11) is 1.75. The second-order valence-electron chi connectivity index (χ2n) is 6.31. The zero-order valence-electron chi connectivity index (χ0n) is 14.1. The summed E-state index contributed by atoms with van der Waals surface area (Å²) in [5.74, 6) is -1.86. The molecule has 0 bridgehead atoms. The monoisotopic (exact) mass is 337 g/mol. The lowest BCUT2D eigenvalue weighted by molar-refractivity contribution is 0.0493. The maximum atomic E-state index is 13.8. The summed E-state index contributed by atoms with van der Waals surface area (Å²) in [4.78, 5) is 12.2. The largest absolute Gasteiger partial charge is 0.383 e. The minimum Gasteiger partial charge on any atom is -0.383 e. The van der Waals surface area contributed by atoms with Crippen molar-refractivity contribution in [3.05, 3.63) is 52.9 Å². The molecule has 24 heavy (non-hydrogen) atoms. The topological polar surface area (TPSA) is 67.2 Å². The van der Waals surface area contributed by atoms with Gasteiger partial charge in [0.2, 0.25) is 0 Å². The number of nitrogens with one attached hydrogen (secondary N) is 1. The molecular formula is C17H21F2N3O2. The molecule has 1 atom stereocenters. The quantitative estimate of drug-likeness (QED) is 0.881. The average molecular weight is 337 g/mol. The van der Waals surface area contributed by atoms with E-state index in [-0.39, 0.29) is 23.7 Å². The van der Waals surface area contributed by atoms with E-state index >= 15 is 0 Å². The summed E-state index contributed by atoms with van der Waals surface area (Å²) in [6, 6.07) is 4.59. The highest BCUT2D eigenvalue weighted by Gasteiger charge is 2.28. The van der Waals surface area contributed by atoms with Gasteiger partial charge in [0.1, 0.15) is 22.9 Å². The van der Waals surface area contributed by atoms with E-state index in [9.17, 15) is 18.7 Å². The zero-order chi connectivity index (χ0) is 18.1. The number of carbonyl (C=O) groups excluding carboxylic acids is 1. The van der Waals surface area contributed by atoms with Gasteiger partial charge in [-0.25, -0.2) is 8.78 Å². The molecule has 7 heteroatoms. The highest BCUT2D eigenvalue weighted by Crippen LogP contribution is 2.23. The third-order valence-corrected chi connectivity index (χ3v) is 3.84. The van der Waals surface area contributed by atoms with Crippen LogP contribution in [0, 0.1) is 11.6 Å². The standard InChI is InChI=1S/C17H21F2N3O2/c1-10(2)15-8-14(21-22(15)4)16(23)20-9-17(3,24)12-6-5-11(18)7-13(12)19/h5-8,10,24H,9H2,1-4H3,(H,20,23). The fraction of sp³-hybridized carbons (Fsp3) is 0.412. The normalized spacial score (nSPS) is 13.8. The van der Waals surface area contributed by atoms with Gasteiger partial charge in [0, 0.05) is 24.4 Å². The van der Waals surface area contributed by atoms with E-state index in [0.29, 0.717) is 6.07 Å². The van der Waals surface area contributed by atoms with Crippen LogP contribution in [0.1, 0.15) is 48.4 Å². The Kier molecular flexibility index (Phi) is 5.03. The van der Waals surface area contributed by atoms with Gasteiger partial charge in [-0.05, 0) is 25.0 Å². The number of carbonyl (C=O) groups is 1. The van der Waals surface area contributed by atoms with E-state index in [1.54, 1.807) is 17.8 Å². The van der Waals surface area contributed by atoms with Gasteiger partial charge in [-0.15, -0.1) is 0 Å². The molecule has 5 nitrogen and oxygen atoms in total. The lowest BCUT2D eigenvalue weighted by Gasteiger charge is -2.24. The van der Waals surface area contributed by atoms with Crippen LogP contribution in [0.3, 0.4) is 0 Å². The molecule has 1 unspecified atom stereocenters. The van der Waals surface area contributed by atoms with E-state index in [4.69, 9.17) is 0 Å². The predicted octanol–water partition coefficient (Wildman–Crippen LogP) is 2.46. The molecule has 0 aliphatic heterocycles. The first kappa shape index (κ1) is 18.1. The van der Waals surface area contributed by atoms with Crippen LogP contribution < -0.4 is 5.32 Å². The van der Waals surface area contributed by atoms with Crippen molar-refractivity contribution in [2.75, 3.05) is 6.54 Å². The molecule has 1 amide bonds. The minimum absolute atomic E-state index is 0.0897. The Morgan fingerprint density at radius 3 is 2.58 bits per heavy atom. The number of aromatic nitrogens is 2. The van der Waals surface area contributed by atoms with E-state index < -0.39 is 23.1 Å². The van der Waals surface area contributed by atoms with Crippen molar-refractivity contribution < 1.29 is 18.7 Å².